The molecule has 0 radical (unpaired) electrons. The largest absolute Gasteiger partial charge is 0.469 e. The molecule has 164 valence electrons. The first-order valence-corrected chi connectivity index (χ1v) is 9.37. The number of carbonyl (C=O) groups is 2. The normalized spacial score (nSPS) is 11.1. The first-order valence-electron chi connectivity index (χ1n) is 9.37. The molecule has 0 amide bonds. The summed E-state index contributed by atoms with van der Waals surface area (Å²) >= 11 is 0. The van der Waals surface area contributed by atoms with Crippen molar-refractivity contribution in [2.45, 2.75) is 47.0 Å². The number of aryl methyl sites for hydroxylation is 2. The molecule has 0 aromatic carbocycles. The second-order valence-corrected chi connectivity index (χ2v) is 7.43. The summed E-state index contributed by atoms with van der Waals surface area (Å²) in [6.45, 7) is 10.4. The Morgan fingerprint density at radius 3 is 1.79 bits per heavy atom. The minimum absolute atomic E-state index is 0.152. The number of ether oxygens (including phenoxy) is 2. The Labute approximate surface area is 172 Å². The number of hydrogen-bond donors (Lipinski definition) is 0. The minimum Gasteiger partial charge on any atom is -0.469 e. The Hall–Kier alpha value is -2.78. The molecule has 1 unspecified atom stereocenters. The molecule has 0 aliphatic heterocycles. The fourth-order valence-corrected chi connectivity index (χ4v) is 2.07. The molecule has 0 fully saturated rings. The van der Waals surface area contributed by atoms with Gasteiger partial charge < -0.3 is 9.47 Å². The Kier molecular flexibility index (Phi) is 12.1. The molecule has 0 saturated carbocycles. The van der Waals surface area contributed by atoms with E-state index in [9.17, 15) is 9.59 Å². The number of aromatic nitrogens is 6. The van der Waals surface area contributed by atoms with Crippen molar-refractivity contribution in [3.63, 3.8) is 0 Å². The van der Waals surface area contributed by atoms with E-state index in [1.165, 1.54) is 18.9 Å². The van der Waals surface area contributed by atoms with Crippen LogP contribution in [0.25, 0.3) is 0 Å². The summed E-state index contributed by atoms with van der Waals surface area (Å²) in [4.78, 5) is 22.2. The highest BCUT2D eigenvalue weighted by Crippen LogP contribution is 2.23. The molecule has 0 aliphatic rings. The highest BCUT2D eigenvalue weighted by molar-refractivity contribution is 5.77. The molecule has 2 aromatic heterocycles. The van der Waals surface area contributed by atoms with Gasteiger partial charge in [-0.1, -0.05) is 45.0 Å². The van der Waals surface area contributed by atoms with E-state index >= 15 is 0 Å². The summed E-state index contributed by atoms with van der Waals surface area (Å²) < 4.78 is 12.3. The number of carbonyl (C=O) groups excluding carboxylic acids is 2. The van der Waals surface area contributed by atoms with Crippen LogP contribution in [0.2, 0.25) is 0 Å². The van der Waals surface area contributed by atoms with Crippen LogP contribution in [0.4, 0.5) is 0 Å². The summed E-state index contributed by atoms with van der Waals surface area (Å²) in [5.41, 5.74) is 1.29. The maximum absolute atomic E-state index is 11.5. The Morgan fingerprint density at radius 1 is 0.931 bits per heavy atom. The zero-order chi connectivity index (χ0) is 22.6. The summed E-state index contributed by atoms with van der Waals surface area (Å²) in [6, 6.07) is 0. The number of hydrogen-bond acceptors (Lipinski definition) is 8. The van der Waals surface area contributed by atoms with Crippen molar-refractivity contribution >= 4 is 11.9 Å². The van der Waals surface area contributed by atoms with Crippen molar-refractivity contribution in [3.8, 4) is 0 Å². The van der Waals surface area contributed by atoms with Gasteiger partial charge in [-0.2, -0.15) is 0 Å². The lowest BCUT2D eigenvalue weighted by atomic mass is 9.93. The van der Waals surface area contributed by atoms with Gasteiger partial charge in [0, 0.05) is 26.5 Å². The van der Waals surface area contributed by atoms with Crippen molar-refractivity contribution in [2.24, 2.45) is 25.9 Å². The molecule has 2 rings (SSSR count). The molecule has 10 nitrogen and oxygen atoms in total. The lowest BCUT2D eigenvalue weighted by molar-refractivity contribution is -0.143. The van der Waals surface area contributed by atoms with Gasteiger partial charge in [0.2, 0.25) is 0 Å². The molecule has 2 heterocycles. The predicted octanol–water partition coefficient (Wildman–Crippen LogP) is 1.92. The minimum atomic E-state index is -0.325. The Morgan fingerprint density at radius 2 is 1.45 bits per heavy atom. The highest BCUT2D eigenvalue weighted by atomic mass is 16.5. The van der Waals surface area contributed by atoms with Crippen molar-refractivity contribution in [3.05, 3.63) is 23.8 Å². The average Bonchev–Trinajstić information content (AvgIpc) is 3.22. The molecule has 0 N–H and O–H groups in total. The van der Waals surface area contributed by atoms with Gasteiger partial charge in [-0.05, 0) is 11.8 Å². The SMILES string of the molecule is CC(C)C.COC(=O)C(c1cn(C)nn1)C(C)C.COC(=O)Cc1cn(C)nn1. The first kappa shape index (κ1) is 26.2. The van der Waals surface area contributed by atoms with Gasteiger partial charge in [0.25, 0.3) is 0 Å². The second kappa shape index (κ2) is 13.4. The number of esters is 2. The van der Waals surface area contributed by atoms with Crippen LogP contribution in [-0.4, -0.2) is 56.1 Å². The summed E-state index contributed by atoms with van der Waals surface area (Å²) in [6.07, 6.45) is 3.60. The Balaban J connectivity index is 0.000000466. The van der Waals surface area contributed by atoms with Gasteiger partial charge >= 0.3 is 11.9 Å². The highest BCUT2D eigenvalue weighted by Gasteiger charge is 2.27. The lowest BCUT2D eigenvalue weighted by Gasteiger charge is -2.14. The molecule has 10 heteroatoms. The third-order valence-corrected chi connectivity index (χ3v) is 3.26. The number of methoxy groups -OCH3 is 2. The third-order valence-electron chi connectivity index (χ3n) is 3.26. The lowest BCUT2D eigenvalue weighted by Crippen LogP contribution is -2.20. The van der Waals surface area contributed by atoms with Crippen molar-refractivity contribution in [2.75, 3.05) is 14.2 Å². The molecule has 0 spiro atoms. The van der Waals surface area contributed by atoms with E-state index in [4.69, 9.17) is 4.74 Å². The molecule has 2 aromatic rings. The van der Waals surface area contributed by atoms with Gasteiger partial charge in [0.15, 0.2) is 0 Å². The van der Waals surface area contributed by atoms with Gasteiger partial charge in [-0.3, -0.25) is 19.0 Å². The van der Waals surface area contributed by atoms with Crippen molar-refractivity contribution in [1.82, 2.24) is 30.0 Å². The number of rotatable bonds is 5. The van der Waals surface area contributed by atoms with Gasteiger partial charge in [-0.15, -0.1) is 10.2 Å². The van der Waals surface area contributed by atoms with Crippen LogP contribution in [-0.2, 0) is 39.6 Å². The molecule has 0 bridgehead atoms. The van der Waals surface area contributed by atoms with E-state index in [0.717, 1.165) is 5.92 Å². The maximum atomic E-state index is 11.5. The first-order chi connectivity index (χ1) is 13.5. The fourth-order valence-electron chi connectivity index (χ4n) is 2.07. The van der Waals surface area contributed by atoms with Crippen LogP contribution in [0.5, 0.6) is 0 Å². The third kappa shape index (κ3) is 11.0. The maximum Gasteiger partial charge on any atom is 0.315 e. The zero-order valence-corrected chi connectivity index (χ0v) is 18.9. The van der Waals surface area contributed by atoms with Crippen LogP contribution in [0.3, 0.4) is 0 Å². The molecule has 0 aliphatic carbocycles. The van der Waals surface area contributed by atoms with E-state index in [1.54, 1.807) is 31.2 Å². The average molecular weight is 411 g/mol. The molecule has 0 saturated heterocycles. The van der Waals surface area contributed by atoms with Crippen LogP contribution in [0.1, 0.15) is 51.9 Å². The van der Waals surface area contributed by atoms with Crippen LogP contribution in [0.15, 0.2) is 12.4 Å². The second-order valence-electron chi connectivity index (χ2n) is 7.43. The molecule has 29 heavy (non-hydrogen) atoms. The zero-order valence-electron chi connectivity index (χ0n) is 18.9. The molecular formula is C19H34N6O4. The van der Waals surface area contributed by atoms with E-state index in [1.807, 2.05) is 13.8 Å². The summed E-state index contributed by atoms with van der Waals surface area (Å²) in [5, 5.41) is 15.1. The topological polar surface area (TPSA) is 114 Å². The van der Waals surface area contributed by atoms with E-state index in [2.05, 4.69) is 46.1 Å². The van der Waals surface area contributed by atoms with Crippen LogP contribution < -0.4 is 0 Å². The van der Waals surface area contributed by atoms with Crippen molar-refractivity contribution in [1.29, 1.82) is 0 Å². The van der Waals surface area contributed by atoms with E-state index < -0.39 is 0 Å². The smallest absolute Gasteiger partial charge is 0.315 e. The molecule has 1 atom stereocenters. The van der Waals surface area contributed by atoms with Gasteiger partial charge in [0.05, 0.1) is 32.0 Å². The standard InChI is InChI=1S/C9H15N3O2.C6H9N3O2.C4H10/c1-6(2)8(9(13)14-4)7-5-12(3)11-10-7;1-9-4-5(7-8-9)3-6(10)11-2;1-4(2)3/h5-6,8H,1-4H3;4H,3H2,1-2H3;4H,1-3H3. The monoisotopic (exact) mass is 410 g/mol. The fraction of sp³-hybridized carbons (Fsp3) is 0.684. The summed E-state index contributed by atoms with van der Waals surface area (Å²) in [7, 11) is 6.24. The van der Waals surface area contributed by atoms with Crippen molar-refractivity contribution < 1.29 is 19.1 Å². The molecular weight excluding hydrogens is 376 g/mol. The van der Waals surface area contributed by atoms with Gasteiger partial charge in [0.1, 0.15) is 5.92 Å². The quantitative estimate of drug-likeness (QED) is 0.687. The van der Waals surface area contributed by atoms with E-state index in [-0.39, 0.29) is 30.2 Å². The Bertz CT molecular complexity index is 736. The van der Waals surface area contributed by atoms with E-state index in [0.29, 0.717) is 11.4 Å². The number of nitrogens with zero attached hydrogens (tertiary/aromatic N) is 6. The summed E-state index contributed by atoms with van der Waals surface area (Å²) in [5.74, 6) is 0.0962. The van der Waals surface area contributed by atoms with Crippen LogP contribution >= 0.6 is 0 Å². The van der Waals surface area contributed by atoms with Gasteiger partial charge in [-0.25, -0.2) is 0 Å². The van der Waals surface area contributed by atoms with Crippen LogP contribution in [0, 0.1) is 11.8 Å². The predicted molar refractivity (Wildman–Crippen MR) is 108 cm³/mol.